The molecule has 0 heterocycles. The van der Waals surface area contributed by atoms with Crippen molar-refractivity contribution >= 4 is 12.0 Å². The average Bonchev–Trinajstić information content (AvgIpc) is 2.56. The van der Waals surface area contributed by atoms with Crippen molar-refractivity contribution in [3.8, 4) is 11.5 Å². The van der Waals surface area contributed by atoms with Crippen LogP contribution in [0.4, 0.5) is 0 Å². The molecular formula is C13H18N2O10. The minimum absolute atomic E-state index is 0.0541. The lowest BCUT2D eigenvalue weighted by Crippen LogP contribution is -2.34. The van der Waals surface area contributed by atoms with Gasteiger partial charge in [-0.1, -0.05) is 6.07 Å². The number of rotatable bonds is 10. The van der Waals surface area contributed by atoms with Crippen LogP contribution in [0.25, 0.3) is 6.08 Å². The Bertz CT molecular complexity index is 578. The van der Waals surface area contributed by atoms with Crippen LogP contribution in [-0.2, 0) is 19.2 Å². The van der Waals surface area contributed by atoms with E-state index in [0.717, 1.165) is 6.08 Å². The smallest absolute Gasteiger partial charge is 0.330 e. The van der Waals surface area contributed by atoms with E-state index in [2.05, 4.69) is 9.68 Å². The second kappa shape index (κ2) is 10.5. The molecule has 0 aliphatic rings. The summed E-state index contributed by atoms with van der Waals surface area (Å²) in [6.45, 7) is -1.07. The molecule has 1 unspecified atom stereocenters. The van der Waals surface area contributed by atoms with Crippen molar-refractivity contribution in [2.45, 2.75) is 6.10 Å². The van der Waals surface area contributed by atoms with Crippen LogP contribution < -0.4 is 4.74 Å². The quantitative estimate of drug-likeness (QED) is 0.221. The van der Waals surface area contributed by atoms with Crippen molar-refractivity contribution in [3.05, 3.63) is 29.8 Å². The van der Waals surface area contributed by atoms with E-state index in [-0.39, 0.29) is 11.5 Å². The van der Waals surface area contributed by atoms with E-state index in [1.807, 2.05) is 0 Å². The van der Waals surface area contributed by atoms with Gasteiger partial charge in [-0.05, 0) is 23.8 Å². The highest BCUT2D eigenvalue weighted by atomic mass is 17.1. The molecule has 0 fully saturated rings. The third-order valence-electron chi connectivity index (χ3n) is 2.65. The molecule has 0 bridgehead atoms. The highest BCUT2D eigenvalue weighted by molar-refractivity contribution is 5.87. The molecule has 0 aromatic heterocycles. The first-order valence-electron chi connectivity index (χ1n) is 6.69. The molecule has 0 aliphatic heterocycles. The molecule has 0 spiro atoms. The van der Waals surface area contributed by atoms with Crippen LogP contribution in [0.5, 0.6) is 11.5 Å². The van der Waals surface area contributed by atoms with Crippen molar-refractivity contribution in [3.63, 3.8) is 0 Å². The fourth-order valence-electron chi connectivity index (χ4n) is 1.58. The molecule has 0 saturated heterocycles. The summed E-state index contributed by atoms with van der Waals surface area (Å²) in [6, 6.07) is 4.41. The summed E-state index contributed by atoms with van der Waals surface area (Å²) in [4.78, 5) is 20.2. The van der Waals surface area contributed by atoms with Crippen LogP contribution in [0.3, 0.4) is 0 Å². The predicted octanol–water partition coefficient (Wildman–Crippen LogP) is 0.350. The highest BCUT2D eigenvalue weighted by Gasteiger charge is 2.17. The van der Waals surface area contributed by atoms with Gasteiger partial charge in [0, 0.05) is 6.08 Å². The van der Waals surface area contributed by atoms with Gasteiger partial charge in [0.1, 0.15) is 19.3 Å². The molecule has 5 N–H and O–H groups in total. The van der Waals surface area contributed by atoms with Crippen molar-refractivity contribution in [1.82, 2.24) is 10.8 Å². The van der Waals surface area contributed by atoms with Crippen molar-refractivity contribution < 1.29 is 49.9 Å². The first-order valence-corrected chi connectivity index (χ1v) is 6.69. The van der Waals surface area contributed by atoms with E-state index in [1.165, 1.54) is 31.4 Å². The van der Waals surface area contributed by atoms with E-state index < -0.39 is 36.1 Å². The molecule has 12 nitrogen and oxygen atoms in total. The molecule has 0 amide bonds. The van der Waals surface area contributed by atoms with Gasteiger partial charge >= 0.3 is 5.97 Å². The fourth-order valence-corrected chi connectivity index (χ4v) is 1.58. The van der Waals surface area contributed by atoms with E-state index in [0.29, 0.717) is 5.56 Å². The molecule has 1 aromatic carbocycles. The third kappa shape index (κ3) is 8.39. The van der Waals surface area contributed by atoms with Crippen molar-refractivity contribution in [2.75, 3.05) is 20.3 Å². The maximum Gasteiger partial charge on any atom is 0.330 e. The largest absolute Gasteiger partial charge is 0.504 e. The van der Waals surface area contributed by atoms with E-state index in [4.69, 9.17) is 30.3 Å². The highest BCUT2D eigenvalue weighted by Crippen LogP contribution is 2.26. The Kier molecular flexibility index (Phi) is 8.76. The zero-order chi connectivity index (χ0) is 18.8. The molecular weight excluding hydrogens is 344 g/mol. The normalized spacial score (nSPS) is 12.8. The minimum atomic E-state index is -1.25. The van der Waals surface area contributed by atoms with E-state index >= 15 is 0 Å². The molecule has 25 heavy (non-hydrogen) atoms. The molecule has 140 valence electrons. The number of hydrogen-bond acceptors (Lipinski definition) is 12. The Morgan fingerprint density at radius 2 is 1.92 bits per heavy atom. The lowest BCUT2D eigenvalue weighted by Gasteiger charge is -2.18. The van der Waals surface area contributed by atoms with Gasteiger partial charge < -0.3 is 14.6 Å². The predicted molar refractivity (Wildman–Crippen MR) is 76.3 cm³/mol. The topological polar surface area (TPSA) is 162 Å². The first kappa shape index (κ1) is 20.8. The number of hydrogen-bond donors (Lipinski definition) is 5. The summed E-state index contributed by atoms with van der Waals surface area (Å²) < 4.78 is 9.72. The average molecular weight is 362 g/mol. The van der Waals surface area contributed by atoms with Crippen molar-refractivity contribution in [1.29, 1.82) is 0 Å². The standard InChI is InChI=1S/C13H18N2O10/c1-22-12-6-9(2-4-11(12)16)3-5-13(17)23-7-10(25-15(20)21)8-24-14(18)19/h2-6,10,16,18-21H,7-8H2,1H3/b5-3+. The van der Waals surface area contributed by atoms with Gasteiger partial charge in [0.2, 0.25) is 0 Å². The SMILES string of the molecule is COc1cc(/C=C/C(=O)OCC(CON(O)O)ON(O)O)ccc1O. The summed E-state index contributed by atoms with van der Waals surface area (Å²) in [5, 5.41) is 42.2. The number of benzene rings is 1. The Morgan fingerprint density at radius 1 is 1.20 bits per heavy atom. The fraction of sp³-hybridized carbons (Fsp3) is 0.308. The Balaban J connectivity index is 2.55. The van der Waals surface area contributed by atoms with Gasteiger partial charge in [-0.2, -0.15) is 0 Å². The lowest BCUT2D eigenvalue weighted by molar-refractivity contribution is -0.527. The number of phenolic OH excluding ortho intramolecular Hbond substituents is 1. The summed E-state index contributed by atoms with van der Waals surface area (Å²) in [7, 11) is 1.38. The number of nitrogens with zero attached hydrogens (tertiary/aromatic N) is 2. The number of carbonyl (C=O) groups excluding carboxylic acids is 1. The Hall–Kier alpha value is -2.29. The van der Waals surface area contributed by atoms with Crippen LogP contribution in [0.15, 0.2) is 24.3 Å². The molecule has 12 heteroatoms. The number of phenols is 1. The van der Waals surface area contributed by atoms with Crippen LogP contribution in [-0.4, -0.2) is 69.1 Å². The molecule has 0 radical (unpaired) electrons. The van der Waals surface area contributed by atoms with Crippen LogP contribution in [0, 0.1) is 0 Å². The van der Waals surface area contributed by atoms with E-state index in [1.54, 1.807) is 0 Å². The second-order valence-corrected chi connectivity index (χ2v) is 4.42. The summed E-state index contributed by atoms with van der Waals surface area (Å²) in [5.74, 6) is -0.626. The van der Waals surface area contributed by atoms with Gasteiger partial charge in [0.25, 0.3) is 0 Å². The maximum atomic E-state index is 11.6. The molecule has 1 rings (SSSR count). The summed E-state index contributed by atoms with van der Waals surface area (Å²) >= 11 is 0. The number of methoxy groups -OCH3 is 1. The maximum absolute atomic E-state index is 11.6. The monoisotopic (exact) mass is 362 g/mol. The van der Waals surface area contributed by atoms with Gasteiger partial charge in [-0.15, -0.1) is 0 Å². The number of esters is 1. The van der Waals surface area contributed by atoms with Gasteiger partial charge in [0.15, 0.2) is 11.5 Å². The summed E-state index contributed by atoms with van der Waals surface area (Å²) in [6.07, 6.45) is 1.22. The van der Waals surface area contributed by atoms with Gasteiger partial charge in [0.05, 0.1) is 17.9 Å². The van der Waals surface area contributed by atoms with Crippen molar-refractivity contribution in [2.24, 2.45) is 0 Å². The summed E-state index contributed by atoms with van der Waals surface area (Å²) in [5.41, 5.74) is 0.552. The number of aromatic hydroxyl groups is 1. The number of ether oxygens (including phenoxy) is 2. The van der Waals surface area contributed by atoms with Gasteiger partial charge in [-0.3, -0.25) is 20.8 Å². The number of carbonyl (C=O) groups is 1. The second-order valence-electron chi connectivity index (χ2n) is 4.42. The molecule has 0 aliphatic carbocycles. The Labute approximate surface area is 141 Å². The lowest BCUT2D eigenvalue weighted by atomic mass is 10.2. The van der Waals surface area contributed by atoms with Crippen LogP contribution >= 0.6 is 0 Å². The van der Waals surface area contributed by atoms with E-state index in [9.17, 15) is 9.90 Å². The van der Waals surface area contributed by atoms with Crippen LogP contribution in [0.1, 0.15) is 5.56 Å². The first-order chi connectivity index (χ1) is 11.8. The van der Waals surface area contributed by atoms with Crippen LogP contribution in [0.2, 0.25) is 0 Å². The van der Waals surface area contributed by atoms with Gasteiger partial charge in [-0.25, -0.2) is 14.5 Å². The molecule has 1 aromatic rings. The third-order valence-corrected chi connectivity index (χ3v) is 2.65. The zero-order valence-corrected chi connectivity index (χ0v) is 13.1. The molecule has 1 atom stereocenters. The Morgan fingerprint density at radius 3 is 2.52 bits per heavy atom. The minimum Gasteiger partial charge on any atom is -0.504 e. The zero-order valence-electron chi connectivity index (χ0n) is 13.1. The molecule has 0 saturated carbocycles.